The summed E-state index contributed by atoms with van der Waals surface area (Å²) in [6, 6.07) is 19.1. The van der Waals surface area contributed by atoms with E-state index >= 15 is 0 Å². The summed E-state index contributed by atoms with van der Waals surface area (Å²) in [4.78, 5) is 32.9. The van der Waals surface area contributed by atoms with E-state index in [0.29, 0.717) is 43.1 Å². The second-order valence-electron chi connectivity index (χ2n) is 10.4. The van der Waals surface area contributed by atoms with E-state index in [1.165, 1.54) is 11.3 Å². The molecule has 5 aromatic rings. The molecular formula is C34H29Br2N3O5S. The summed E-state index contributed by atoms with van der Waals surface area (Å²) in [5.74, 6) is 0.448. The van der Waals surface area contributed by atoms with Crippen molar-refractivity contribution in [1.29, 1.82) is 0 Å². The van der Waals surface area contributed by atoms with Crippen LogP contribution in [0.4, 0.5) is 0 Å². The van der Waals surface area contributed by atoms with Crippen molar-refractivity contribution in [3.8, 4) is 11.5 Å². The van der Waals surface area contributed by atoms with E-state index in [2.05, 4.69) is 66.9 Å². The first-order valence-corrected chi connectivity index (χ1v) is 16.6. The average molecular weight is 751 g/mol. The summed E-state index contributed by atoms with van der Waals surface area (Å²) in [6.07, 6.45) is 3.98. The van der Waals surface area contributed by atoms with Gasteiger partial charge in [-0.1, -0.05) is 73.5 Å². The Morgan fingerprint density at radius 2 is 1.76 bits per heavy atom. The largest absolute Gasteiger partial charge is 0.493 e. The highest BCUT2D eigenvalue weighted by atomic mass is 79.9. The lowest BCUT2D eigenvalue weighted by Gasteiger charge is -2.26. The number of para-hydroxylation sites is 1. The van der Waals surface area contributed by atoms with Gasteiger partial charge in [0, 0.05) is 38.2 Å². The van der Waals surface area contributed by atoms with E-state index in [-0.39, 0.29) is 17.7 Å². The highest BCUT2D eigenvalue weighted by molar-refractivity contribution is 9.10. The molecule has 0 amide bonds. The number of aromatic nitrogens is 2. The summed E-state index contributed by atoms with van der Waals surface area (Å²) in [6.45, 7) is 4.38. The second kappa shape index (κ2) is 12.8. The maximum Gasteiger partial charge on any atom is 0.338 e. The van der Waals surface area contributed by atoms with Crippen molar-refractivity contribution in [2.75, 3.05) is 20.8 Å². The number of allylic oxidation sites excluding steroid dienone is 1. The number of nitrogens with zero attached hydrogens (tertiary/aromatic N) is 3. The van der Waals surface area contributed by atoms with Crippen LogP contribution in [0.25, 0.3) is 17.0 Å². The topological polar surface area (TPSA) is 84.1 Å². The van der Waals surface area contributed by atoms with E-state index in [1.54, 1.807) is 44.8 Å². The van der Waals surface area contributed by atoms with Crippen LogP contribution in [0, 0.1) is 0 Å². The number of methoxy groups -OCH3 is 2. The van der Waals surface area contributed by atoms with Crippen molar-refractivity contribution in [1.82, 2.24) is 9.13 Å². The first-order valence-electron chi connectivity index (χ1n) is 14.2. The number of benzene rings is 3. The van der Waals surface area contributed by atoms with Gasteiger partial charge in [-0.05, 0) is 61.4 Å². The molecule has 8 nitrogen and oxygen atoms in total. The quantitative estimate of drug-likeness (QED) is 0.173. The van der Waals surface area contributed by atoms with Gasteiger partial charge in [-0.25, -0.2) is 9.79 Å². The molecule has 11 heteroatoms. The summed E-state index contributed by atoms with van der Waals surface area (Å²) >= 11 is 8.45. The molecule has 0 saturated carbocycles. The molecule has 0 aliphatic carbocycles. The fourth-order valence-corrected chi connectivity index (χ4v) is 7.46. The van der Waals surface area contributed by atoms with Crippen LogP contribution >= 0.6 is 43.2 Å². The van der Waals surface area contributed by atoms with Gasteiger partial charge < -0.3 is 18.8 Å². The third-order valence-corrected chi connectivity index (χ3v) is 9.89. The number of hydrogen-bond donors (Lipinski definition) is 0. The maximum atomic E-state index is 14.3. The Labute approximate surface area is 280 Å². The van der Waals surface area contributed by atoms with Gasteiger partial charge in [0.15, 0.2) is 16.3 Å². The molecule has 1 aliphatic heterocycles. The van der Waals surface area contributed by atoms with Gasteiger partial charge in [0.1, 0.15) is 0 Å². The molecule has 2 aromatic heterocycles. The third kappa shape index (κ3) is 5.80. The van der Waals surface area contributed by atoms with Crippen molar-refractivity contribution < 1.29 is 19.0 Å². The average Bonchev–Trinajstić information content (AvgIpc) is 3.53. The van der Waals surface area contributed by atoms with Gasteiger partial charge in [-0.3, -0.25) is 9.36 Å². The lowest BCUT2D eigenvalue weighted by atomic mass is 9.95. The molecular weight excluding hydrogens is 722 g/mol. The normalized spacial score (nSPS) is 14.8. The molecule has 1 atom stereocenters. The number of rotatable bonds is 8. The Hall–Kier alpha value is -3.93. The minimum atomic E-state index is -0.810. The Morgan fingerprint density at radius 1 is 1.04 bits per heavy atom. The summed E-state index contributed by atoms with van der Waals surface area (Å²) in [5.41, 5.74) is 4.29. The SMILES string of the molecule is CCOC(=O)C1=C(C)N=c2s/c(=C\c3cn(Cc4ccc(Br)cc4)c4ccccc34)c(=O)n2[C@@H]1c1cc(OC)c(OC)cc1Br. The van der Waals surface area contributed by atoms with E-state index in [4.69, 9.17) is 19.2 Å². The molecule has 0 N–H and O–H groups in total. The van der Waals surface area contributed by atoms with Crippen LogP contribution in [0.1, 0.15) is 36.6 Å². The minimum absolute atomic E-state index is 0.185. The predicted octanol–water partition coefficient (Wildman–Crippen LogP) is 6.34. The molecule has 45 heavy (non-hydrogen) atoms. The van der Waals surface area contributed by atoms with Crippen molar-refractivity contribution in [3.63, 3.8) is 0 Å². The van der Waals surface area contributed by atoms with Crippen LogP contribution in [-0.2, 0) is 16.1 Å². The molecule has 6 rings (SSSR count). The smallest absolute Gasteiger partial charge is 0.338 e. The van der Waals surface area contributed by atoms with Crippen molar-refractivity contribution >= 4 is 66.1 Å². The molecule has 0 saturated heterocycles. The molecule has 0 radical (unpaired) electrons. The molecule has 0 bridgehead atoms. The van der Waals surface area contributed by atoms with Gasteiger partial charge in [0.05, 0.1) is 42.7 Å². The molecule has 0 unspecified atom stereocenters. The Kier molecular flexibility index (Phi) is 8.85. The molecule has 0 fully saturated rings. The molecule has 3 aromatic carbocycles. The van der Waals surface area contributed by atoms with E-state index in [1.807, 2.05) is 30.3 Å². The monoisotopic (exact) mass is 749 g/mol. The highest BCUT2D eigenvalue weighted by Crippen LogP contribution is 2.40. The fraction of sp³-hybridized carbons (Fsp3) is 0.206. The van der Waals surface area contributed by atoms with Gasteiger partial charge in [-0.15, -0.1) is 0 Å². The van der Waals surface area contributed by atoms with E-state index in [9.17, 15) is 9.59 Å². The third-order valence-electron chi connectivity index (χ3n) is 7.69. The Bertz CT molecular complexity index is 2160. The lowest BCUT2D eigenvalue weighted by molar-refractivity contribution is -0.139. The molecule has 0 spiro atoms. The van der Waals surface area contributed by atoms with Crippen LogP contribution in [0.5, 0.6) is 11.5 Å². The second-order valence-corrected chi connectivity index (χ2v) is 13.2. The number of fused-ring (bicyclic) bond motifs is 2. The standard InChI is InChI=1S/C34H29Br2N3O5S/c1-5-44-33(41)30-19(2)37-34-39(31(30)24-15-27(42-3)28(43-4)16-25(24)36)32(40)29(45-34)14-21-18-38(26-9-7-6-8-23(21)26)17-20-10-12-22(35)13-11-20/h6-16,18,31H,5,17H2,1-4H3/b29-14-/t31-/m1/s1. The maximum absolute atomic E-state index is 14.3. The Morgan fingerprint density at radius 3 is 2.47 bits per heavy atom. The zero-order chi connectivity index (χ0) is 31.8. The zero-order valence-corrected chi connectivity index (χ0v) is 29.0. The number of halogens is 2. The van der Waals surface area contributed by atoms with Crippen molar-refractivity contribution in [3.05, 3.63) is 123 Å². The van der Waals surface area contributed by atoms with Crippen LogP contribution < -0.4 is 24.4 Å². The summed E-state index contributed by atoms with van der Waals surface area (Å²) < 4.78 is 22.5. The van der Waals surface area contributed by atoms with Crippen molar-refractivity contribution in [2.24, 2.45) is 4.99 Å². The number of hydrogen-bond acceptors (Lipinski definition) is 7. The number of thiazole rings is 1. The summed E-state index contributed by atoms with van der Waals surface area (Å²) in [5, 5.41) is 1.03. The van der Waals surface area contributed by atoms with Gasteiger partial charge in [0.25, 0.3) is 5.56 Å². The van der Waals surface area contributed by atoms with Gasteiger partial charge in [0.2, 0.25) is 0 Å². The van der Waals surface area contributed by atoms with Crippen LogP contribution in [0.3, 0.4) is 0 Å². The highest BCUT2D eigenvalue weighted by Gasteiger charge is 2.35. The zero-order valence-electron chi connectivity index (χ0n) is 25.0. The van der Waals surface area contributed by atoms with E-state index < -0.39 is 12.0 Å². The minimum Gasteiger partial charge on any atom is -0.493 e. The summed E-state index contributed by atoms with van der Waals surface area (Å²) in [7, 11) is 3.10. The van der Waals surface area contributed by atoms with Crippen LogP contribution in [0.2, 0.25) is 0 Å². The number of carbonyl (C=O) groups is 1. The van der Waals surface area contributed by atoms with E-state index in [0.717, 1.165) is 26.5 Å². The lowest BCUT2D eigenvalue weighted by Crippen LogP contribution is -2.40. The number of esters is 1. The predicted molar refractivity (Wildman–Crippen MR) is 183 cm³/mol. The molecule has 1 aliphatic rings. The Balaban J connectivity index is 1.54. The fourth-order valence-electron chi connectivity index (χ4n) is 5.61. The molecule has 230 valence electrons. The molecule has 3 heterocycles. The van der Waals surface area contributed by atoms with Gasteiger partial charge in [-0.2, -0.15) is 0 Å². The van der Waals surface area contributed by atoms with Crippen molar-refractivity contribution in [2.45, 2.75) is 26.4 Å². The van der Waals surface area contributed by atoms with Crippen LogP contribution in [-0.4, -0.2) is 35.9 Å². The first kappa shape index (κ1) is 31.1. The number of ether oxygens (including phenoxy) is 3. The number of carbonyl (C=O) groups excluding carboxylic acids is 1. The van der Waals surface area contributed by atoms with Gasteiger partial charge >= 0.3 is 5.97 Å². The first-order chi connectivity index (χ1) is 21.7. The van der Waals surface area contributed by atoms with Crippen LogP contribution in [0.15, 0.2) is 96.9 Å².